The van der Waals surface area contributed by atoms with Crippen LogP contribution < -0.4 is 4.31 Å². The van der Waals surface area contributed by atoms with Gasteiger partial charge in [-0.15, -0.1) is 0 Å². The van der Waals surface area contributed by atoms with Crippen molar-refractivity contribution in [2.45, 2.75) is 25.7 Å². The van der Waals surface area contributed by atoms with Crippen molar-refractivity contribution in [1.29, 1.82) is 0 Å². The summed E-state index contributed by atoms with van der Waals surface area (Å²) in [6.45, 7) is 5.86. The van der Waals surface area contributed by atoms with Gasteiger partial charge >= 0.3 is 0 Å². The molecular formula is C23H23ClN2O3S. The lowest BCUT2D eigenvalue weighted by Crippen LogP contribution is -2.35. The Hall–Kier alpha value is -2.70. The maximum Gasteiger partial charge on any atom is 0.264 e. The third-order valence-electron chi connectivity index (χ3n) is 4.49. The zero-order valence-electron chi connectivity index (χ0n) is 17.0. The number of rotatable bonds is 7. The van der Waals surface area contributed by atoms with E-state index in [-0.39, 0.29) is 28.7 Å². The summed E-state index contributed by atoms with van der Waals surface area (Å²) in [5, 5.41) is 0.356. The predicted octanol–water partition coefficient (Wildman–Crippen LogP) is 5.13. The number of aryl methyl sites for hydroxylation is 1. The van der Waals surface area contributed by atoms with E-state index in [2.05, 4.69) is 4.98 Å². The summed E-state index contributed by atoms with van der Waals surface area (Å²) in [5.41, 5.74) is 1.65. The molecule has 0 aliphatic heterocycles. The molecule has 0 fully saturated rings. The van der Waals surface area contributed by atoms with E-state index in [1.165, 1.54) is 10.4 Å². The van der Waals surface area contributed by atoms with Crippen LogP contribution in [0.5, 0.6) is 0 Å². The number of hydrogen-bond donors (Lipinski definition) is 0. The van der Waals surface area contributed by atoms with Crippen molar-refractivity contribution in [3.05, 3.63) is 88.7 Å². The quantitative estimate of drug-likeness (QED) is 0.476. The maximum atomic E-state index is 13.5. The normalized spacial score (nSPS) is 11.5. The molecule has 156 valence electrons. The smallest absolute Gasteiger partial charge is 0.264 e. The molecule has 1 heterocycles. The molecule has 0 radical (unpaired) electrons. The molecule has 0 saturated carbocycles. The van der Waals surface area contributed by atoms with Gasteiger partial charge in [0, 0.05) is 34.6 Å². The second-order valence-electron chi connectivity index (χ2n) is 7.42. The number of ketones is 1. The van der Waals surface area contributed by atoms with Crippen molar-refractivity contribution >= 4 is 33.1 Å². The van der Waals surface area contributed by atoms with Gasteiger partial charge in [0.25, 0.3) is 10.0 Å². The lowest BCUT2D eigenvalue weighted by atomic mass is 10.0. The van der Waals surface area contributed by atoms with Gasteiger partial charge in [-0.2, -0.15) is 0 Å². The Balaban J connectivity index is 2.19. The molecular weight excluding hydrogens is 420 g/mol. The zero-order chi connectivity index (χ0) is 21.9. The van der Waals surface area contributed by atoms with E-state index in [1.54, 1.807) is 67.7 Å². The van der Waals surface area contributed by atoms with Crippen molar-refractivity contribution < 1.29 is 13.2 Å². The monoisotopic (exact) mass is 442 g/mol. The van der Waals surface area contributed by atoms with Crippen molar-refractivity contribution in [1.82, 2.24) is 4.98 Å². The van der Waals surface area contributed by atoms with E-state index in [4.69, 9.17) is 11.6 Å². The van der Waals surface area contributed by atoms with E-state index >= 15 is 0 Å². The summed E-state index contributed by atoms with van der Waals surface area (Å²) in [5.74, 6) is -0.277. The minimum Gasteiger partial charge on any atom is -0.289 e. The van der Waals surface area contributed by atoms with Crippen LogP contribution >= 0.6 is 11.6 Å². The number of aromatic nitrogens is 1. The molecule has 7 heteroatoms. The number of carbonyl (C=O) groups is 1. The molecule has 30 heavy (non-hydrogen) atoms. The van der Waals surface area contributed by atoms with E-state index in [9.17, 15) is 13.2 Å². The third kappa shape index (κ3) is 4.71. The molecule has 0 aliphatic rings. The first-order chi connectivity index (χ1) is 14.2. The highest BCUT2D eigenvalue weighted by molar-refractivity contribution is 7.92. The highest BCUT2D eigenvalue weighted by Gasteiger charge is 2.29. The summed E-state index contributed by atoms with van der Waals surface area (Å²) in [6, 6.07) is 16.2. The van der Waals surface area contributed by atoms with Gasteiger partial charge in [0.2, 0.25) is 0 Å². The molecule has 0 saturated heterocycles. The number of benzene rings is 2. The highest BCUT2D eigenvalue weighted by Crippen LogP contribution is 2.32. The number of sulfonamides is 1. The van der Waals surface area contributed by atoms with Crippen molar-refractivity contribution in [2.24, 2.45) is 5.92 Å². The Kier molecular flexibility index (Phi) is 6.58. The number of nitrogens with zero attached hydrogens (tertiary/aromatic N) is 2. The summed E-state index contributed by atoms with van der Waals surface area (Å²) in [6.07, 6.45) is 1.55. The molecule has 3 rings (SSSR count). The first-order valence-corrected chi connectivity index (χ1v) is 11.4. The topological polar surface area (TPSA) is 67.3 Å². The van der Waals surface area contributed by atoms with Gasteiger partial charge in [-0.1, -0.05) is 43.6 Å². The molecule has 0 atom stereocenters. The largest absolute Gasteiger partial charge is 0.289 e. The average molecular weight is 443 g/mol. The third-order valence-corrected chi connectivity index (χ3v) is 6.52. The van der Waals surface area contributed by atoms with Crippen LogP contribution in [0.2, 0.25) is 5.02 Å². The van der Waals surface area contributed by atoms with Gasteiger partial charge < -0.3 is 0 Å². The van der Waals surface area contributed by atoms with E-state index in [1.807, 2.05) is 13.8 Å². The minimum atomic E-state index is -3.88. The number of anilines is 1. The SMILES string of the molecule is Cc1cc(C(=O)c2cc(Cl)ccc2N(CC(C)C)S(=O)(=O)c2ccccc2)ccn1. The standard InChI is InChI=1S/C23H23ClN2O3S/c1-16(2)15-26(30(28,29)20-7-5-4-6-8-20)22-10-9-19(24)14-21(22)23(27)18-11-12-25-17(3)13-18/h4-14,16H,15H2,1-3H3. The first kappa shape index (κ1) is 22.0. The molecule has 3 aromatic rings. The highest BCUT2D eigenvalue weighted by atomic mass is 35.5. The Bertz CT molecular complexity index is 1160. The average Bonchev–Trinajstić information content (AvgIpc) is 2.72. The van der Waals surface area contributed by atoms with Gasteiger partial charge in [-0.05, 0) is 55.3 Å². The van der Waals surface area contributed by atoms with Crippen LogP contribution in [0, 0.1) is 12.8 Å². The Labute approximate surface area is 182 Å². The summed E-state index contributed by atoms with van der Waals surface area (Å²) >= 11 is 6.19. The molecule has 5 nitrogen and oxygen atoms in total. The predicted molar refractivity (Wildman–Crippen MR) is 120 cm³/mol. The van der Waals surface area contributed by atoms with Crippen LogP contribution in [0.1, 0.15) is 35.5 Å². The maximum absolute atomic E-state index is 13.5. The Morgan fingerprint density at radius 1 is 1.07 bits per heavy atom. The number of pyridine rings is 1. The van der Waals surface area contributed by atoms with E-state index in [0.717, 1.165) is 0 Å². The summed E-state index contributed by atoms with van der Waals surface area (Å²) < 4.78 is 28.3. The Morgan fingerprint density at radius 2 is 1.77 bits per heavy atom. The minimum absolute atomic E-state index is 0.0327. The van der Waals surface area contributed by atoms with Crippen molar-refractivity contribution in [3.63, 3.8) is 0 Å². The van der Waals surface area contributed by atoms with Crippen LogP contribution in [-0.2, 0) is 10.0 Å². The van der Waals surface area contributed by atoms with Crippen molar-refractivity contribution in [3.8, 4) is 0 Å². The molecule has 2 aromatic carbocycles. The summed E-state index contributed by atoms with van der Waals surface area (Å²) in [7, 11) is -3.88. The molecule has 0 aliphatic carbocycles. The molecule has 0 amide bonds. The number of hydrogen-bond acceptors (Lipinski definition) is 4. The van der Waals surface area contributed by atoms with Gasteiger partial charge in [-0.3, -0.25) is 14.1 Å². The molecule has 0 unspecified atom stereocenters. The zero-order valence-corrected chi connectivity index (χ0v) is 18.6. The Morgan fingerprint density at radius 3 is 2.40 bits per heavy atom. The molecule has 0 bridgehead atoms. The fraction of sp³-hybridized carbons (Fsp3) is 0.217. The lowest BCUT2D eigenvalue weighted by Gasteiger charge is -2.28. The van der Waals surface area contributed by atoms with Crippen molar-refractivity contribution in [2.75, 3.05) is 10.8 Å². The van der Waals surface area contributed by atoms with Gasteiger partial charge in [-0.25, -0.2) is 8.42 Å². The summed E-state index contributed by atoms with van der Waals surface area (Å²) in [4.78, 5) is 17.6. The van der Waals surface area contributed by atoms with Crippen LogP contribution in [0.15, 0.2) is 71.8 Å². The van der Waals surface area contributed by atoms with Crippen LogP contribution in [0.3, 0.4) is 0 Å². The van der Waals surface area contributed by atoms with Gasteiger partial charge in [0.15, 0.2) is 5.78 Å². The van der Waals surface area contributed by atoms with Crippen LogP contribution in [0.25, 0.3) is 0 Å². The van der Waals surface area contributed by atoms with Gasteiger partial charge in [0.1, 0.15) is 0 Å². The number of halogens is 1. The van der Waals surface area contributed by atoms with Crippen LogP contribution in [0.4, 0.5) is 5.69 Å². The van der Waals surface area contributed by atoms with E-state index < -0.39 is 10.0 Å². The first-order valence-electron chi connectivity index (χ1n) is 9.55. The molecule has 1 aromatic heterocycles. The van der Waals surface area contributed by atoms with E-state index in [0.29, 0.717) is 22.0 Å². The van der Waals surface area contributed by atoms with Gasteiger partial charge in [0.05, 0.1) is 10.6 Å². The fourth-order valence-corrected chi connectivity index (χ4v) is 4.97. The van der Waals surface area contributed by atoms with Crippen LogP contribution in [-0.4, -0.2) is 25.7 Å². The molecule has 0 N–H and O–H groups in total. The number of carbonyl (C=O) groups excluding carboxylic acids is 1. The molecule has 0 spiro atoms. The second kappa shape index (κ2) is 8.98. The lowest BCUT2D eigenvalue weighted by molar-refractivity contribution is 0.103. The second-order valence-corrected chi connectivity index (χ2v) is 9.72. The fourth-order valence-electron chi connectivity index (χ4n) is 3.13.